The number of rotatable bonds is 6. The summed E-state index contributed by atoms with van der Waals surface area (Å²) in [5.41, 5.74) is 1.77. The Bertz CT molecular complexity index is 1180. The average molecular weight is 407 g/mol. The van der Waals surface area contributed by atoms with Gasteiger partial charge in [0.1, 0.15) is 10.6 Å². The average Bonchev–Trinajstić information content (AvgIpc) is 3.14. The van der Waals surface area contributed by atoms with Crippen LogP contribution in [0.2, 0.25) is 0 Å². The number of Topliss-reactive ketones (excluding diaryl/α,β-unsaturated/α-hetero) is 1. The van der Waals surface area contributed by atoms with Crippen molar-refractivity contribution in [1.82, 2.24) is 9.55 Å². The van der Waals surface area contributed by atoms with E-state index in [-0.39, 0.29) is 11.3 Å². The zero-order valence-corrected chi connectivity index (χ0v) is 16.9. The second-order valence-electron chi connectivity index (χ2n) is 6.37. The van der Waals surface area contributed by atoms with Crippen LogP contribution in [0.3, 0.4) is 0 Å². The molecule has 4 rings (SSSR count). The summed E-state index contributed by atoms with van der Waals surface area (Å²) >= 11 is 2.96. The lowest BCUT2D eigenvalue weighted by Crippen LogP contribution is -2.21. The Hall–Kier alpha value is -2.70. The molecule has 0 radical (unpaired) electrons. The van der Waals surface area contributed by atoms with Crippen molar-refractivity contribution in [3.8, 4) is 16.1 Å². The molecule has 4 aromatic rings. The van der Waals surface area contributed by atoms with Gasteiger partial charge in [-0.1, -0.05) is 60.3 Å². The molecular formula is C22H18N2O2S2. The number of thiophene rings is 1. The molecular weight excluding hydrogens is 388 g/mol. The topological polar surface area (TPSA) is 52.0 Å². The predicted octanol–water partition coefficient (Wildman–Crippen LogP) is 5.19. The summed E-state index contributed by atoms with van der Waals surface area (Å²) in [6.45, 7) is 1.58. The van der Waals surface area contributed by atoms with Gasteiger partial charge >= 0.3 is 0 Å². The molecule has 140 valence electrons. The quantitative estimate of drug-likeness (QED) is 0.327. The lowest BCUT2D eigenvalue weighted by molar-refractivity contribution is -0.116. The van der Waals surface area contributed by atoms with Crippen molar-refractivity contribution in [3.05, 3.63) is 77.1 Å². The number of thioether (sulfide) groups is 1. The monoisotopic (exact) mass is 406 g/mol. The van der Waals surface area contributed by atoms with Gasteiger partial charge in [-0.15, -0.1) is 11.3 Å². The largest absolute Gasteiger partial charge is 0.300 e. The van der Waals surface area contributed by atoms with Gasteiger partial charge in [0.15, 0.2) is 5.16 Å². The van der Waals surface area contributed by atoms with Crippen molar-refractivity contribution in [3.63, 3.8) is 0 Å². The molecule has 0 aliphatic carbocycles. The van der Waals surface area contributed by atoms with Crippen molar-refractivity contribution in [2.45, 2.75) is 18.5 Å². The van der Waals surface area contributed by atoms with E-state index >= 15 is 0 Å². The fourth-order valence-corrected chi connectivity index (χ4v) is 5.02. The first kappa shape index (κ1) is 18.7. The lowest BCUT2D eigenvalue weighted by Gasteiger charge is -2.11. The van der Waals surface area contributed by atoms with E-state index in [9.17, 15) is 9.59 Å². The summed E-state index contributed by atoms with van der Waals surface area (Å²) in [7, 11) is 0. The summed E-state index contributed by atoms with van der Waals surface area (Å²) in [5.74, 6) is 0.724. The fourth-order valence-electron chi connectivity index (χ4n) is 2.89. The number of ketones is 1. The summed E-state index contributed by atoms with van der Waals surface area (Å²) in [4.78, 5) is 31.2. The number of aromatic nitrogens is 2. The van der Waals surface area contributed by atoms with Crippen LogP contribution in [-0.2, 0) is 4.79 Å². The van der Waals surface area contributed by atoms with E-state index < -0.39 is 0 Å². The Labute approximate surface area is 170 Å². The molecule has 0 N–H and O–H groups in total. The number of hydrogen-bond donors (Lipinski definition) is 0. The number of benzene rings is 2. The van der Waals surface area contributed by atoms with Crippen LogP contribution >= 0.6 is 23.1 Å². The van der Waals surface area contributed by atoms with E-state index in [1.165, 1.54) is 23.1 Å². The normalized spacial score (nSPS) is 11.0. The molecule has 0 unspecified atom stereocenters. The van der Waals surface area contributed by atoms with Crippen LogP contribution in [0.25, 0.3) is 26.3 Å². The van der Waals surface area contributed by atoms with Gasteiger partial charge in [0.2, 0.25) is 0 Å². The van der Waals surface area contributed by atoms with Crippen LogP contribution in [0, 0.1) is 0 Å². The van der Waals surface area contributed by atoms with E-state index in [0.717, 1.165) is 21.0 Å². The maximum Gasteiger partial charge on any atom is 0.267 e. The standard InChI is InChI=1S/C22H18N2O2S2/c1-15(25)12-13-27-22-23-20-18(14-19(28-20)16-8-4-2-5-9-16)21(26)24(22)17-10-6-3-7-11-17/h2-11,14H,12-13H2,1H3. The van der Waals surface area contributed by atoms with Gasteiger partial charge in [-0.25, -0.2) is 4.98 Å². The van der Waals surface area contributed by atoms with Crippen molar-refractivity contribution in [1.29, 1.82) is 0 Å². The molecule has 2 aromatic carbocycles. The van der Waals surface area contributed by atoms with E-state index in [4.69, 9.17) is 4.98 Å². The van der Waals surface area contributed by atoms with Gasteiger partial charge in [-0.3, -0.25) is 14.2 Å². The van der Waals surface area contributed by atoms with Gasteiger partial charge in [0.05, 0.1) is 11.1 Å². The van der Waals surface area contributed by atoms with Gasteiger partial charge in [0.25, 0.3) is 5.56 Å². The molecule has 28 heavy (non-hydrogen) atoms. The molecule has 0 fully saturated rings. The Morgan fingerprint density at radius 3 is 2.43 bits per heavy atom. The molecule has 4 nitrogen and oxygen atoms in total. The first-order valence-corrected chi connectivity index (χ1v) is 10.7. The summed E-state index contributed by atoms with van der Waals surface area (Å²) in [6.07, 6.45) is 0.451. The maximum atomic E-state index is 13.3. The highest BCUT2D eigenvalue weighted by molar-refractivity contribution is 7.99. The van der Waals surface area contributed by atoms with Crippen LogP contribution in [0.15, 0.2) is 76.7 Å². The predicted molar refractivity (Wildman–Crippen MR) is 117 cm³/mol. The first-order valence-electron chi connectivity index (χ1n) is 8.93. The number of carbonyl (C=O) groups excluding carboxylic acids is 1. The maximum absolute atomic E-state index is 13.3. The number of fused-ring (bicyclic) bond motifs is 1. The summed E-state index contributed by atoms with van der Waals surface area (Å²) in [5, 5.41) is 1.23. The number of nitrogens with zero attached hydrogens (tertiary/aromatic N) is 2. The Morgan fingerprint density at radius 1 is 1.07 bits per heavy atom. The Morgan fingerprint density at radius 2 is 1.75 bits per heavy atom. The molecule has 0 spiro atoms. The van der Waals surface area contributed by atoms with Gasteiger partial charge < -0.3 is 0 Å². The van der Waals surface area contributed by atoms with Crippen LogP contribution in [0.5, 0.6) is 0 Å². The zero-order valence-electron chi connectivity index (χ0n) is 15.3. The number of carbonyl (C=O) groups is 1. The second-order valence-corrected chi connectivity index (χ2v) is 8.46. The molecule has 0 saturated heterocycles. The Kier molecular flexibility index (Phi) is 5.41. The third kappa shape index (κ3) is 3.79. The van der Waals surface area contributed by atoms with Crippen molar-refractivity contribution >= 4 is 39.1 Å². The molecule has 0 bridgehead atoms. The minimum Gasteiger partial charge on any atom is -0.300 e. The highest BCUT2D eigenvalue weighted by Gasteiger charge is 2.16. The van der Waals surface area contributed by atoms with E-state index in [0.29, 0.717) is 22.7 Å². The minimum absolute atomic E-state index is 0.0834. The lowest BCUT2D eigenvalue weighted by atomic mass is 10.2. The van der Waals surface area contributed by atoms with Crippen LogP contribution < -0.4 is 5.56 Å². The van der Waals surface area contributed by atoms with Crippen LogP contribution in [-0.4, -0.2) is 21.1 Å². The van der Waals surface area contributed by atoms with Crippen LogP contribution in [0.1, 0.15) is 13.3 Å². The van der Waals surface area contributed by atoms with E-state index in [1.54, 1.807) is 11.5 Å². The zero-order chi connectivity index (χ0) is 19.5. The molecule has 0 atom stereocenters. The summed E-state index contributed by atoms with van der Waals surface area (Å²) in [6, 6.07) is 21.4. The van der Waals surface area contributed by atoms with Gasteiger partial charge in [0, 0.05) is 17.1 Å². The molecule has 0 aliphatic heterocycles. The van der Waals surface area contributed by atoms with E-state index in [2.05, 4.69) is 0 Å². The fraction of sp³-hybridized carbons (Fsp3) is 0.136. The molecule has 0 saturated carbocycles. The molecule has 6 heteroatoms. The second kappa shape index (κ2) is 8.12. The van der Waals surface area contributed by atoms with Crippen LogP contribution in [0.4, 0.5) is 0 Å². The first-order chi connectivity index (χ1) is 13.6. The smallest absolute Gasteiger partial charge is 0.267 e. The number of para-hydroxylation sites is 1. The summed E-state index contributed by atoms with van der Waals surface area (Å²) < 4.78 is 1.65. The van der Waals surface area contributed by atoms with Gasteiger partial charge in [-0.05, 0) is 30.7 Å². The Balaban J connectivity index is 1.87. The van der Waals surface area contributed by atoms with Crippen molar-refractivity contribution < 1.29 is 4.79 Å². The number of hydrogen-bond acceptors (Lipinski definition) is 5. The van der Waals surface area contributed by atoms with Gasteiger partial charge in [-0.2, -0.15) is 0 Å². The minimum atomic E-state index is -0.0834. The third-order valence-corrected chi connectivity index (χ3v) is 6.31. The van der Waals surface area contributed by atoms with E-state index in [1.807, 2.05) is 66.7 Å². The highest BCUT2D eigenvalue weighted by Crippen LogP contribution is 2.32. The third-order valence-electron chi connectivity index (χ3n) is 4.29. The SMILES string of the molecule is CC(=O)CCSc1nc2sc(-c3ccccc3)cc2c(=O)n1-c1ccccc1. The molecule has 2 aromatic heterocycles. The molecule has 0 aliphatic rings. The van der Waals surface area contributed by atoms with Crippen molar-refractivity contribution in [2.24, 2.45) is 0 Å². The molecule has 0 amide bonds. The molecule has 2 heterocycles. The van der Waals surface area contributed by atoms with Crippen molar-refractivity contribution in [2.75, 3.05) is 5.75 Å². The highest BCUT2D eigenvalue weighted by atomic mass is 32.2.